The molecule has 0 radical (unpaired) electrons. The van der Waals surface area contributed by atoms with Crippen LogP contribution in [-0.2, 0) is 10.0 Å². The van der Waals surface area contributed by atoms with Crippen molar-refractivity contribution >= 4 is 44.3 Å². The highest BCUT2D eigenvalue weighted by atomic mass is 35.5. The van der Waals surface area contributed by atoms with Crippen LogP contribution in [0, 0.1) is 0 Å². The Balaban J connectivity index is 2.46. The minimum Gasteiger partial charge on any atom is -0.397 e. The van der Waals surface area contributed by atoms with Crippen molar-refractivity contribution in [3.8, 4) is 0 Å². The van der Waals surface area contributed by atoms with E-state index in [9.17, 15) is 8.42 Å². The highest BCUT2D eigenvalue weighted by Gasteiger charge is 2.24. The maximum Gasteiger partial charge on any atom is 0.273 e. The number of hydrogen-bond donors (Lipinski definition) is 1. The van der Waals surface area contributed by atoms with E-state index in [0.29, 0.717) is 15.7 Å². The molecule has 7 heteroatoms. The average Bonchev–Trinajstić information content (AvgIpc) is 2.76. The first-order valence-corrected chi connectivity index (χ1v) is 7.65. The van der Waals surface area contributed by atoms with Gasteiger partial charge >= 0.3 is 0 Å². The zero-order valence-corrected chi connectivity index (χ0v) is 11.9. The molecule has 2 N–H and O–H groups in total. The van der Waals surface area contributed by atoms with E-state index in [0.717, 1.165) is 15.6 Å². The van der Waals surface area contributed by atoms with Gasteiger partial charge in [0.05, 0.1) is 15.7 Å². The van der Waals surface area contributed by atoms with Gasteiger partial charge < -0.3 is 5.73 Å². The van der Waals surface area contributed by atoms with Gasteiger partial charge in [0, 0.05) is 7.05 Å². The van der Waals surface area contributed by atoms with E-state index in [1.807, 2.05) is 0 Å². The van der Waals surface area contributed by atoms with Crippen LogP contribution in [0.15, 0.2) is 40.6 Å². The van der Waals surface area contributed by atoms with Gasteiger partial charge in [0.25, 0.3) is 10.0 Å². The third-order valence-corrected chi connectivity index (χ3v) is 5.91. The molecule has 1 aromatic carbocycles. The molecule has 4 nitrogen and oxygen atoms in total. The monoisotopic (exact) mass is 302 g/mol. The first-order valence-electron chi connectivity index (χ1n) is 5.01. The minimum atomic E-state index is -3.61. The largest absolute Gasteiger partial charge is 0.397 e. The minimum absolute atomic E-state index is 0.193. The van der Waals surface area contributed by atoms with Crippen molar-refractivity contribution in [3.05, 3.63) is 40.7 Å². The van der Waals surface area contributed by atoms with Crippen molar-refractivity contribution in [2.45, 2.75) is 4.21 Å². The van der Waals surface area contributed by atoms with E-state index in [4.69, 9.17) is 17.3 Å². The molecule has 0 amide bonds. The summed E-state index contributed by atoms with van der Waals surface area (Å²) in [5.41, 5.74) is 6.63. The van der Waals surface area contributed by atoms with Crippen molar-refractivity contribution in [2.24, 2.45) is 0 Å². The molecule has 2 rings (SSSR count). The lowest BCUT2D eigenvalue weighted by molar-refractivity contribution is 0.596. The summed E-state index contributed by atoms with van der Waals surface area (Å²) in [5.74, 6) is 0. The summed E-state index contributed by atoms with van der Waals surface area (Å²) in [6, 6.07) is 9.84. The van der Waals surface area contributed by atoms with Gasteiger partial charge in [0.2, 0.25) is 0 Å². The summed E-state index contributed by atoms with van der Waals surface area (Å²) in [7, 11) is -2.14. The predicted octanol–water partition coefficient (Wildman–Crippen LogP) is 2.81. The number of rotatable bonds is 3. The second-order valence-corrected chi connectivity index (χ2v) is 7.50. The molecule has 96 valence electrons. The number of halogens is 1. The van der Waals surface area contributed by atoms with E-state index in [-0.39, 0.29) is 4.21 Å². The van der Waals surface area contributed by atoms with E-state index in [1.54, 1.807) is 30.3 Å². The maximum atomic E-state index is 12.3. The molecule has 1 heterocycles. The van der Waals surface area contributed by atoms with Crippen molar-refractivity contribution in [1.82, 2.24) is 0 Å². The Hall–Kier alpha value is -1.24. The molecule has 0 unspecified atom stereocenters. The Bertz CT molecular complexity index is 667. The summed E-state index contributed by atoms with van der Waals surface area (Å²) >= 11 is 6.78. The summed E-state index contributed by atoms with van der Waals surface area (Å²) in [6.07, 6.45) is 0. The van der Waals surface area contributed by atoms with Gasteiger partial charge in [-0.2, -0.15) is 0 Å². The molecule has 2 aromatic rings. The topological polar surface area (TPSA) is 63.4 Å². The third-order valence-electron chi connectivity index (χ3n) is 2.44. The summed E-state index contributed by atoms with van der Waals surface area (Å²) in [4.78, 5) is 0. The van der Waals surface area contributed by atoms with E-state index in [1.165, 1.54) is 13.1 Å². The predicted molar refractivity (Wildman–Crippen MR) is 75.8 cm³/mol. The molecular formula is C11H11ClN2O2S2. The molecule has 18 heavy (non-hydrogen) atoms. The quantitative estimate of drug-likeness (QED) is 0.887. The fourth-order valence-corrected chi connectivity index (χ4v) is 4.35. The molecule has 0 spiro atoms. The fourth-order valence-electron chi connectivity index (χ4n) is 1.48. The lowest BCUT2D eigenvalue weighted by Gasteiger charge is -2.19. The number of anilines is 2. The summed E-state index contributed by atoms with van der Waals surface area (Å²) < 4.78 is 26.4. The lowest BCUT2D eigenvalue weighted by Crippen LogP contribution is -2.26. The van der Waals surface area contributed by atoms with Crippen molar-refractivity contribution < 1.29 is 8.42 Å². The van der Waals surface area contributed by atoms with Gasteiger partial charge in [-0.05, 0) is 24.3 Å². The van der Waals surface area contributed by atoms with E-state index in [2.05, 4.69) is 0 Å². The Morgan fingerprint density at radius 1 is 1.22 bits per heavy atom. The van der Waals surface area contributed by atoms with E-state index < -0.39 is 10.0 Å². The van der Waals surface area contributed by atoms with Gasteiger partial charge in [-0.15, -0.1) is 11.3 Å². The Morgan fingerprint density at radius 3 is 2.44 bits per heavy atom. The lowest BCUT2D eigenvalue weighted by atomic mass is 10.3. The van der Waals surface area contributed by atoms with Gasteiger partial charge in [-0.1, -0.05) is 23.7 Å². The van der Waals surface area contributed by atoms with Gasteiger partial charge in [0.15, 0.2) is 0 Å². The molecule has 0 saturated heterocycles. The molecule has 0 aliphatic carbocycles. The van der Waals surface area contributed by atoms with Crippen LogP contribution in [-0.4, -0.2) is 15.5 Å². The Labute approximate surface area is 115 Å². The Kier molecular flexibility index (Phi) is 3.52. The normalized spacial score (nSPS) is 11.4. The van der Waals surface area contributed by atoms with Gasteiger partial charge in [0.1, 0.15) is 4.21 Å². The summed E-state index contributed by atoms with van der Waals surface area (Å²) in [6.45, 7) is 0. The van der Waals surface area contributed by atoms with Crippen LogP contribution in [0.5, 0.6) is 0 Å². The van der Waals surface area contributed by atoms with Crippen LogP contribution >= 0.6 is 22.9 Å². The van der Waals surface area contributed by atoms with Crippen LogP contribution in [0.3, 0.4) is 0 Å². The first kappa shape index (κ1) is 13.2. The second-order valence-electron chi connectivity index (χ2n) is 3.59. The fraction of sp³-hybridized carbons (Fsp3) is 0.0909. The first-order chi connectivity index (χ1) is 8.43. The molecule has 0 atom stereocenters. The molecular weight excluding hydrogens is 292 g/mol. The van der Waals surface area contributed by atoms with Crippen LogP contribution in [0.2, 0.25) is 4.34 Å². The number of sulfonamides is 1. The number of benzene rings is 1. The number of nitrogens with two attached hydrogens (primary N) is 1. The molecule has 1 aromatic heterocycles. The van der Waals surface area contributed by atoms with Gasteiger partial charge in [-0.3, -0.25) is 4.31 Å². The number of hydrogen-bond acceptors (Lipinski definition) is 4. The number of nitrogen functional groups attached to an aromatic ring is 1. The standard InChI is InChI=1S/C11H11ClN2O2S2/c1-14(9-5-3-2-4-8(9)13)18(15,16)11-7-6-10(12)17-11/h2-7H,13H2,1H3. The molecule has 0 bridgehead atoms. The third kappa shape index (κ3) is 2.31. The zero-order chi connectivity index (χ0) is 13.3. The van der Waals surface area contributed by atoms with Crippen molar-refractivity contribution in [2.75, 3.05) is 17.1 Å². The second kappa shape index (κ2) is 4.79. The molecule has 0 saturated carbocycles. The molecule has 0 aliphatic heterocycles. The van der Waals surface area contributed by atoms with Gasteiger partial charge in [-0.25, -0.2) is 8.42 Å². The number of para-hydroxylation sites is 2. The highest BCUT2D eigenvalue weighted by Crippen LogP contribution is 2.31. The number of nitrogens with zero attached hydrogens (tertiary/aromatic N) is 1. The molecule has 0 aliphatic rings. The van der Waals surface area contributed by atoms with Crippen LogP contribution < -0.4 is 10.0 Å². The van der Waals surface area contributed by atoms with Crippen LogP contribution in [0.4, 0.5) is 11.4 Å². The van der Waals surface area contributed by atoms with E-state index >= 15 is 0 Å². The maximum absolute atomic E-state index is 12.3. The van der Waals surface area contributed by atoms with Crippen LogP contribution in [0.1, 0.15) is 0 Å². The van der Waals surface area contributed by atoms with Crippen molar-refractivity contribution in [3.63, 3.8) is 0 Å². The van der Waals surface area contributed by atoms with Crippen LogP contribution in [0.25, 0.3) is 0 Å². The summed E-state index contributed by atoms with van der Waals surface area (Å²) in [5, 5.41) is 0. The zero-order valence-electron chi connectivity index (χ0n) is 9.50. The highest BCUT2D eigenvalue weighted by molar-refractivity contribution is 7.94. The average molecular weight is 303 g/mol. The Morgan fingerprint density at radius 2 is 1.89 bits per heavy atom. The molecule has 0 fully saturated rings. The SMILES string of the molecule is CN(c1ccccc1N)S(=O)(=O)c1ccc(Cl)s1. The smallest absolute Gasteiger partial charge is 0.273 e. The van der Waals surface area contributed by atoms with Crippen molar-refractivity contribution in [1.29, 1.82) is 0 Å². The number of thiophene rings is 1.